The second kappa shape index (κ2) is 7.28. The molecule has 0 aliphatic heterocycles. The van der Waals surface area contributed by atoms with Crippen LogP contribution in [0.1, 0.15) is 23.0 Å². The van der Waals surface area contributed by atoms with E-state index in [1.807, 2.05) is 12.3 Å². The van der Waals surface area contributed by atoms with E-state index in [2.05, 4.69) is 10.3 Å². The number of ether oxygens (including phenoxy) is 2. The van der Waals surface area contributed by atoms with Crippen LogP contribution >= 0.6 is 22.9 Å². The Kier molecular flexibility index (Phi) is 5.41. The van der Waals surface area contributed by atoms with Gasteiger partial charge in [-0.25, -0.2) is 4.98 Å². The van der Waals surface area contributed by atoms with Gasteiger partial charge in [-0.3, -0.25) is 4.79 Å². The molecule has 5 nitrogen and oxygen atoms in total. The molecule has 1 aromatic heterocycles. The third-order valence-electron chi connectivity index (χ3n) is 2.69. The van der Waals surface area contributed by atoms with Crippen molar-refractivity contribution in [2.24, 2.45) is 0 Å². The number of hydrogen-bond donors (Lipinski definition) is 1. The van der Waals surface area contributed by atoms with Gasteiger partial charge in [-0.15, -0.1) is 11.3 Å². The maximum Gasteiger partial charge on any atom is 0.251 e. The molecule has 112 valence electrons. The van der Waals surface area contributed by atoms with Crippen molar-refractivity contribution in [2.45, 2.75) is 13.5 Å². The number of benzene rings is 1. The summed E-state index contributed by atoms with van der Waals surface area (Å²) >= 11 is 7.62. The molecule has 0 radical (unpaired) electrons. The first kappa shape index (κ1) is 15.6. The number of aromatic nitrogens is 1. The molecule has 7 heteroatoms. The highest BCUT2D eigenvalue weighted by molar-refractivity contribution is 7.07. The lowest BCUT2D eigenvalue weighted by atomic mass is 10.2. The van der Waals surface area contributed by atoms with Crippen LogP contribution < -0.4 is 14.8 Å². The highest BCUT2D eigenvalue weighted by Crippen LogP contribution is 2.36. The summed E-state index contributed by atoms with van der Waals surface area (Å²) in [6.45, 7) is 2.69. The van der Waals surface area contributed by atoms with Gasteiger partial charge < -0.3 is 14.8 Å². The normalized spacial score (nSPS) is 10.2. The first-order chi connectivity index (χ1) is 10.2. The van der Waals surface area contributed by atoms with Crippen LogP contribution in [0.2, 0.25) is 5.02 Å². The fourth-order valence-corrected chi connectivity index (χ4v) is 2.56. The third kappa shape index (κ3) is 3.86. The Morgan fingerprint density at radius 1 is 1.48 bits per heavy atom. The molecule has 0 fully saturated rings. The van der Waals surface area contributed by atoms with Crippen LogP contribution in [-0.2, 0) is 6.54 Å². The van der Waals surface area contributed by atoms with Crippen LogP contribution in [0.3, 0.4) is 0 Å². The van der Waals surface area contributed by atoms with Gasteiger partial charge in [0, 0.05) is 10.9 Å². The molecule has 2 aromatic rings. The fraction of sp³-hybridized carbons (Fsp3) is 0.286. The number of carbonyl (C=O) groups excluding carboxylic acids is 1. The Morgan fingerprint density at radius 2 is 2.29 bits per heavy atom. The summed E-state index contributed by atoms with van der Waals surface area (Å²) in [5, 5.41) is 5.01. The summed E-state index contributed by atoms with van der Waals surface area (Å²) in [6, 6.07) is 3.17. The molecular weight excluding hydrogens is 312 g/mol. The van der Waals surface area contributed by atoms with Gasteiger partial charge in [-0.1, -0.05) is 11.6 Å². The van der Waals surface area contributed by atoms with Crippen LogP contribution in [0, 0.1) is 0 Å². The Hall–Kier alpha value is -1.79. The zero-order chi connectivity index (χ0) is 15.2. The van der Waals surface area contributed by atoms with Crippen LogP contribution in [0.4, 0.5) is 0 Å². The van der Waals surface area contributed by atoms with E-state index in [1.165, 1.54) is 18.4 Å². The lowest BCUT2D eigenvalue weighted by molar-refractivity contribution is 0.0950. The molecule has 0 aliphatic rings. The molecule has 0 saturated carbocycles. The van der Waals surface area contributed by atoms with Crippen molar-refractivity contribution >= 4 is 28.8 Å². The third-order valence-corrected chi connectivity index (χ3v) is 3.61. The van der Waals surface area contributed by atoms with Crippen molar-refractivity contribution in [3.05, 3.63) is 39.3 Å². The van der Waals surface area contributed by atoms with Crippen molar-refractivity contribution in [2.75, 3.05) is 13.7 Å². The molecule has 1 amide bonds. The van der Waals surface area contributed by atoms with E-state index in [0.29, 0.717) is 35.2 Å². The second-order valence-corrected chi connectivity index (χ2v) is 5.21. The fourth-order valence-electron chi connectivity index (χ4n) is 1.73. The molecule has 0 spiro atoms. The van der Waals surface area contributed by atoms with Gasteiger partial charge in [0.25, 0.3) is 5.91 Å². The van der Waals surface area contributed by atoms with E-state index in [4.69, 9.17) is 21.1 Å². The summed E-state index contributed by atoms with van der Waals surface area (Å²) in [5.41, 5.74) is 2.95. The zero-order valence-corrected chi connectivity index (χ0v) is 13.3. The van der Waals surface area contributed by atoms with Gasteiger partial charge in [0.05, 0.1) is 36.5 Å². The van der Waals surface area contributed by atoms with Crippen molar-refractivity contribution in [3.63, 3.8) is 0 Å². The van der Waals surface area contributed by atoms with Gasteiger partial charge in [0.15, 0.2) is 11.5 Å². The van der Waals surface area contributed by atoms with Crippen LogP contribution in [0.15, 0.2) is 23.0 Å². The smallest absolute Gasteiger partial charge is 0.251 e. The number of hydrogen-bond acceptors (Lipinski definition) is 5. The van der Waals surface area contributed by atoms with Gasteiger partial charge in [-0.2, -0.15) is 0 Å². The van der Waals surface area contributed by atoms with E-state index in [1.54, 1.807) is 17.6 Å². The Labute approximate surface area is 131 Å². The van der Waals surface area contributed by atoms with Crippen molar-refractivity contribution < 1.29 is 14.3 Å². The lowest BCUT2D eigenvalue weighted by Crippen LogP contribution is -2.23. The Balaban J connectivity index is 2.15. The minimum atomic E-state index is -0.244. The molecule has 21 heavy (non-hydrogen) atoms. The molecule has 0 atom stereocenters. The van der Waals surface area contributed by atoms with Crippen molar-refractivity contribution in [1.82, 2.24) is 10.3 Å². The first-order valence-corrected chi connectivity index (χ1v) is 7.63. The topological polar surface area (TPSA) is 60.5 Å². The van der Waals surface area contributed by atoms with Crippen LogP contribution in [-0.4, -0.2) is 24.6 Å². The minimum Gasteiger partial charge on any atom is -0.493 e. The zero-order valence-electron chi connectivity index (χ0n) is 11.7. The number of rotatable bonds is 6. The van der Waals surface area contributed by atoms with E-state index in [9.17, 15) is 4.79 Å². The molecule has 0 bridgehead atoms. The highest BCUT2D eigenvalue weighted by Gasteiger charge is 2.15. The molecular formula is C14H15ClN2O3S. The van der Waals surface area contributed by atoms with Gasteiger partial charge in [0.1, 0.15) is 0 Å². The molecule has 1 N–H and O–H groups in total. The standard InChI is InChI=1S/C14H15ClN2O3S/c1-3-20-13-11(15)4-9(5-12(13)19-2)14(18)16-6-10-7-21-8-17-10/h4-5,7-8H,3,6H2,1-2H3,(H,16,18). The number of amides is 1. The molecule has 1 heterocycles. The minimum absolute atomic E-state index is 0.244. The summed E-state index contributed by atoms with van der Waals surface area (Å²) in [5.74, 6) is 0.632. The quantitative estimate of drug-likeness (QED) is 0.886. The van der Waals surface area contributed by atoms with Gasteiger partial charge in [0.2, 0.25) is 0 Å². The van der Waals surface area contributed by atoms with Crippen LogP contribution in [0.25, 0.3) is 0 Å². The second-order valence-electron chi connectivity index (χ2n) is 4.08. The van der Waals surface area contributed by atoms with E-state index >= 15 is 0 Å². The maximum atomic E-state index is 12.1. The average Bonchev–Trinajstić information content (AvgIpc) is 3.00. The highest BCUT2D eigenvalue weighted by atomic mass is 35.5. The predicted octanol–water partition coefficient (Wildman–Crippen LogP) is 3.13. The molecule has 0 unspecified atom stereocenters. The number of halogens is 1. The largest absolute Gasteiger partial charge is 0.493 e. The average molecular weight is 327 g/mol. The molecule has 0 saturated heterocycles. The van der Waals surface area contributed by atoms with Crippen molar-refractivity contribution in [1.29, 1.82) is 0 Å². The molecule has 0 aliphatic carbocycles. The Bertz CT molecular complexity index is 617. The molecule has 2 rings (SSSR count). The lowest BCUT2D eigenvalue weighted by Gasteiger charge is -2.13. The summed E-state index contributed by atoms with van der Waals surface area (Å²) in [7, 11) is 1.51. The first-order valence-electron chi connectivity index (χ1n) is 6.31. The molecule has 1 aromatic carbocycles. The van der Waals surface area contributed by atoms with Crippen LogP contribution in [0.5, 0.6) is 11.5 Å². The summed E-state index contributed by atoms with van der Waals surface area (Å²) in [4.78, 5) is 16.2. The van der Waals surface area contributed by atoms with E-state index in [-0.39, 0.29) is 5.91 Å². The number of carbonyl (C=O) groups is 1. The van der Waals surface area contributed by atoms with E-state index < -0.39 is 0 Å². The maximum absolute atomic E-state index is 12.1. The number of nitrogens with zero attached hydrogens (tertiary/aromatic N) is 1. The van der Waals surface area contributed by atoms with Crippen molar-refractivity contribution in [3.8, 4) is 11.5 Å². The number of thiazole rings is 1. The number of nitrogens with one attached hydrogen (secondary N) is 1. The van der Waals surface area contributed by atoms with E-state index in [0.717, 1.165) is 5.69 Å². The Morgan fingerprint density at radius 3 is 2.90 bits per heavy atom. The summed E-state index contributed by atoms with van der Waals surface area (Å²) in [6.07, 6.45) is 0. The summed E-state index contributed by atoms with van der Waals surface area (Å²) < 4.78 is 10.6. The monoisotopic (exact) mass is 326 g/mol. The SMILES string of the molecule is CCOc1c(Cl)cc(C(=O)NCc2cscn2)cc1OC. The van der Waals surface area contributed by atoms with Gasteiger partial charge >= 0.3 is 0 Å². The predicted molar refractivity (Wildman–Crippen MR) is 82.5 cm³/mol. The van der Waals surface area contributed by atoms with Gasteiger partial charge in [-0.05, 0) is 19.1 Å². The number of methoxy groups -OCH3 is 1.